The Morgan fingerprint density at radius 2 is 1.72 bits per heavy atom. The van der Waals surface area contributed by atoms with Gasteiger partial charge in [-0.2, -0.15) is 0 Å². The zero-order valence-electron chi connectivity index (χ0n) is 13.8. The molecule has 3 rings (SSSR count). The Kier molecular flexibility index (Phi) is 4.65. The number of rotatable bonds is 4. The summed E-state index contributed by atoms with van der Waals surface area (Å²) in [7, 11) is -3.87. The minimum Gasteiger partial charge on any atom is -0.486 e. The van der Waals surface area contributed by atoms with E-state index in [0.29, 0.717) is 30.3 Å². The molecular formula is C17H18N2O5S. The summed E-state index contributed by atoms with van der Waals surface area (Å²) in [4.78, 5) is 14.4. The van der Waals surface area contributed by atoms with Gasteiger partial charge in [-0.3, -0.25) is 10.2 Å². The van der Waals surface area contributed by atoms with Crippen LogP contribution >= 0.6 is 0 Å². The zero-order valence-corrected chi connectivity index (χ0v) is 14.6. The monoisotopic (exact) mass is 362 g/mol. The number of aryl methyl sites for hydroxylation is 2. The molecule has 0 atom stereocenters. The molecule has 25 heavy (non-hydrogen) atoms. The lowest BCUT2D eigenvalue weighted by atomic mass is 10.2. The summed E-state index contributed by atoms with van der Waals surface area (Å²) in [6, 6.07) is 9.62. The Labute approximate surface area is 146 Å². The smallest absolute Gasteiger partial charge is 0.266 e. The first-order valence-electron chi connectivity index (χ1n) is 7.66. The maximum absolute atomic E-state index is 12.4. The Morgan fingerprint density at radius 1 is 1.00 bits per heavy atom. The van der Waals surface area contributed by atoms with Gasteiger partial charge in [-0.1, -0.05) is 17.7 Å². The fourth-order valence-corrected chi connectivity index (χ4v) is 3.59. The molecule has 0 saturated carbocycles. The molecule has 0 aliphatic carbocycles. The number of amides is 1. The van der Waals surface area contributed by atoms with Crippen LogP contribution in [0, 0.1) is 13.8 Å². The fraction of sp³-hybridized carbons (Fsp3) is 0.235. The number of hydrogen-bond donors (Lipinski definition) is 2. The van der Waals surface area contributed by atoms with Crippen LogP contribution < -0.4 is 19.7 Å². The number of ether oxygens (including phenoxy) is 2. The first-order chi connectivity index (χ1) is 11.9. The van der Waals surface area contributed by atoms with Crippen molar-refractivity contribution in [1.82, 2.24) is 10.3 Å². The lowest BCUT2D eigenvalue weighted by molar-refractivity contribution is 0.0944. The van der Waals surface area contributed by atoms with Crippen LogP contribution in [0.3, 0.4) is 0 Å². The van der Waals surface area contributed by atoms with E-state index in [1.165, 1.54) is 18.2 Å². The van der Waals surface area contributed by atoms with Gasteiger partial charge in [0.1, 0.15) is 13.2 Å². The molecule has 2 N–H and O–H groups in total. The summed E-state index contributed by atoms with van der Waals surface area (Å²) in [5, 5.41) is 0. The summed E-state index contributed by atoms with van der Waals surface area (Å²) in [6.45, 7) is 4.43. The summed E-state index contributed by atoms with van der Waals surface area (Å²) in [5.41, 5.74) is 4.02. The summed E-state index contributed by atoms with van der Waals surface area (Å²) >= 11 is 0. The molecule has 2 aromatic carbocycles. The van der Waals surface area contributed by atoms with Crippen molar-refractivity contribution in [3.63, 3.8) is 0 Å². The van der Waals surface area contributed by atoms with E-state index in [1.807, 2.05) is 6.92 Å². The highest BCUT2D eigenvalue weighted by Crippen LogP contribution is 2.30. The van der Waals surface area contributed by atoms with Crippen molar-refractivity contribution in [3.05, 3.63) is 53.1 Å². The first-order valence-corrected chi connectivity index (χ1v) is 9.14. The Morgan fingerprint density at radius 3 is 2.44 bits per heavy atom. The van der Waals surface area contributed by atoms with Crippen molar-refractivity contribution in [3.8, 4) is 11.5 Å². The van der Waals surface area contributed by atoms with Crippen molar-refractivity contribution in [2.75, 3.05) is 13.2 Å². The van der Waals surface area contributed by atoms with Crippen molar-refractivity contribution in [2.45, 2.75) is 18.7 Å². The second-order valence-corrected chi connectivity index (χ2v) is 7.34. The Balaban J connectivity index is 1.73. The number of sulfonamides is 1. The molecular weight excluding hydrogens is 344 g/mol. The maximum Gasteiger partial charge on any atom is 0.266 e. The van der Waals surface area contributed by atoms with E-state index in [-0.39, 0.29) is 10.5 Å². The highest BCUT2D eigenvalue weighted by Gasteiger charge is 2.19. The molecule has 7 nitrogen and oxygen atoms in total. The van der Waals surface area contributed by atoms with Gasteiger partial charge < -0.3 is 9.47 Å². The number of carbonyl (C=O) groups is 1. The third-order valence-electron chi connectivity index (χ3n) is 3.72. The van der Waals surface area contributed by atoms with Crippen LogP contribution in [0.5, 0.6) is 11.5 Å². The normalized spacial score (nSPS) is 13.4. The molecule has 0 bridgehead atoms. The van der Waals surface area contributed by atoms with Gasteiger partial charge in [0.25, 0.3) is 15.9 Å². The Hall–Kier alpha value is -2.58. The molecule has 0 fully saturated rings. The van der Waals surface area contributed by atoms with E-state index < -0.39 is 15.9 Å². The highest BCUT2D eigenvalue weighted by molar-refractivity contribution is 7.89. The number of fused-ring (bicyclic) bond motifs is 1. The molecule has 0 aromatic heterocycles. The average Bonchev–Trinajstić information content (AvgIpc) is 2.59. The van der Waals surface area contributed by atoms with Gasteiger partial charge in [-0.25, -0.2) is 8.42 Å². The van der Waals surface area contributed by atoms with Gasteiger partial charge in [-0.15, -0.1) is 4.83 Å². The van der Waals surface area contributed by atoms with Crippen LogP contribution in [0.4, 0.5) is 0 Å². The third kappa shape index (κ3) is 3.75. The lowest BCUT2D eigenvalue weighted by Crippen LogP contribution is -2.41. The van der Waals surface area contributed by atoms with Crippen molar-refractivity contribution < 1.29 is 22.7 Å². The van der Waals surface area contributed by atoms with Crippen LogP contribution in [0.25, 0.3) is 0 Å². The molecule has 0 spiro atoms. The molecule has 1 amide bonds. The van der Waals surface area contributed by atoms with Crippen LogP contribution in [-0.4, -0.2) is 27.5 Å². The first kappa shape index (κ1) is 17.2. The minimum absolute atomic E-state index is 0.112. The molecule has 0 saturated heterocycles. The number of benzene rings is 2. The van der Waals surface area contributed by atoms with Crippen LogP contribution in [-0.2, 0) is 10.0 Å². The van der Waals surface area contributed by atoms with Crippen LogP contribution in [0.15, 0.2) is 41.3 Å². The highest BCUT2D eigenvalue weighted by atomic mass is 32.2. The van der Waals surface area contributed by atoms with Gasteiger partial charge in [0.15, 0.2) is 11.5 Å². The molecule has 0 unspecified atom stereocenters. The van der Waals surface area contributed by atoms with Gasteiger partial charge in [0, 0.05) is 5.56 Å². The molecule has 1 aliphatic rings. The summed E-state index contributed by atoms with van der Waals surface area (Å²) in [5.74, 6) is 0.417. The van der Waals surface area contributed by atoms with E-state index >= 15 is 0 Å². The molecule has 8 heteroatoms. The van der Waals surface area contributed by atoms with Gasteiger partial charge in [0.2, 0.25) is 0 Å². The molecule has 132 valence electrons. The van der Waals surface area contributed by atoms with Crippen molar-refractivity contribution in [1.29, 1.82) is 0 Å². The van der Waals surface area contributed by atoms with E-state index in [0.717, 1.165) is 5.56 Å². The number of hydrogen-bond acceptors (Lipinski definition) is 5. The van der Waals surface area contributed by atoms with E-state index in [9.17, 15) is 13.2 Å². The molecule has 1 heterocycles. The van der Waals surface area contributed by atoms with Crippen LogP contribution in [0.2, 0.25) is 0 Å². The largest absolute Gasteiger partial charge is 0.486 e. The number of nitrogens with one attached hydrogen (secondary N) is 2. The number of hydrazine groups is 1. The summed E-state index contributed by atoms with van der Waals surface area (Å²) < 4.78 is 35.5. The number of carbonyl (C=O) groups excluding carboxylic acids is 1. The van der Waals surface area contributed by atoms with E-state index in [1.54, 1.807) is 25.1 Å². The van der Waals surface area contributed by atoms with Gasteiger partial charge >= 0.3 is 0 Å². The topological polar surface area (TPSA) is 93.7 Å². The van der Waals surface area contributed by atoms with Gasteiger partial charge in [0.05, 0.1) is 4.90 Å². The second kappa shape index (κ2) is 6.73. The predicted octanol–water partition coefficient (Wildman–Crippen LogP) is 1.70. The fourth-order valence-electron chi connectivity index (χ4n) is 2.53. The Bertz CT molecular complexity index is 925. The van der Waals surface area contributed by atoms with E-state index in [2.05, 4.69) is 10.3 Å². The second-order valence-electron chi connectivity index (χ2n) is 5.69. The van der Waals surface area contributed by atoms with Crippen molar-refractivity contribution >= 4 is 15.9 Å². The van der Waals surface area contributed by atoms with Crippen LogP contribution in [0.1, 0.15) is 21.5 Å². The van der Waals surface area contributed by atoms with E-state index in [4.69, 9.17) is 9.47 Å². The summed E-state index contributed by atoms with van der Waals surface area (Å²) in [6.07, 6.45) is 0. The quantitative estimate of drug-likeness (QED) is 0.808. The standard InChI is InChI=1S/C17H18N2O5S/c1-11-3-6-16(12(2)9-11)25(21,22)19-18-17(20)13-4-5-14-15(10-13)24-8-7-23-14/h3-6,9-10,19H,7-8H2,1-2H3,(H,18,20). The molecule has 0 radical (unpaired) electrons. The third-order valence-corrected chi connectivity index (χ3v) is 5.13. The SMILES string of the molecule is Cc1ccc(S(=O)(=O)NNC(=O)c2ccc3c(c2)OCCO3)c(C)c1. The van der Waals surface area contributed by atoms with Gasteiger partial charge in [-0.05, 0) is 43.7 Å². The maximum atomic E-state index is 12.4. The minimum atomic E-state index is -3.87. The predicted molar refractivity (Wildman–Crippen MR) is 91.1 cm³/mol. The lowest BCUT2D eigenvalue weighted by Gasteiger charge is -2.18. The molecule has 2 aromatic rings. The molecule has 1 aliphatic heterocycles. The van der Waals surface area contributed by atoms with Crippen molar-refractivity contribution in [2.24, 2.45) is 0 Å². The average molecular weight is 362 g/mol. The zero-order chi connectivity index (χ0) is 18.0.